The van der Waals surface area contributed by atoms with Crippen molar-refractivity contribution in [3.05, 3.63) is 0 Å². The molecule has 1 unspecified atom stereocenters. The lowest BCUT2D eigenvalue weighted by Gasteiger charge is -2.20. The number of rotatable bonds is 0. The summed E-state index contributed by atoms with van der Waals surface area (Å²) in [6.07, 6.45) is 5.44. The van der Waals surface area contributed by atoms with E-state index in [9.17, 15) is 4.79 Å². The predicted molar refractivity (Wildman–Crippen MR) is 25.4 cm³/mol. The van der Waals surface area contributed by atoms with Gasteiger partial charge in [0.05, 0.1) is 12.5 Å². The summed E-state index contributed by atoms with van der Waals surface area (Å²) >= 11 is 0. The third kappa shape index (κ3) is 0.566. The highest BCUT2D eigenvalue weighted by atomic mass is 16.2. The van der Waals surface area contributed by atoms with Gasteiger partial charge in [-0.1, -0.05) is 5.92 Å². The second-order valence-electron chi connectivity index (χ2n) is 1.49. The highest BCUT2D eigenvalue weighted by molar-refractivity contribution is 5.83. The van der Waals surface area contributed by atoms with E-state index in [1.54, 1.807) is 0 Å². The molecule has 0 bridgehead atoms. The number of carbonyl (C=O) groups is 1. The summed E-state index contributed by atoms with van der Waals surface area (Å²) in [5.41, 5.74) is 0. The summed E-state index contributed by atoms with van der Waals surface area (Å²) in [4.78, 5) is 10.1. The first-order chi connectivity index (χ1) is 3.33. The van der Waals surface area contributed by atoms with Crippen LogP contribution < -0.4 is 5.32 Å². The first-order valence-electron chi connectivity index (χ1n) is 2.08. The van der Waals surface area contributed by atoms with Crippen LogP contribution in [-0.2, 0) is 4.79 Å². The van der Waals surface area contributed by atoms with Gasteiger partial charge < -0.3 is 5.32 Å². The third-order valence-electron chi connectivity index (χ3n) is 0.926. The minimum atomic E-state index is 0.0208. The molecule has 1 N–H and O–H groups in total. The Hall–Kier alpha value is -0.970. The van der Waals surface area contributed by atoms with Crippen molar-refractivity contribution in [2.24, 2.45) is 0 Å². The molecule has 36 valence electrons. The lowest BCUT2D eigenvalue weighted by Crippen LogP contribution is -2.47. The van der Waals surface area contributed by atoms with Crippen molar-refractivity contribution in [1.29, 1.82) is 0 Å². The predicted octanol–water partition coefficient (Wildman–Crippen LogP) is -0.492. The maximum absolute atomic E-state index is 10.1. The molecule has 0 saturated carbocycles. The molecule has 0 aromatic heterocycles. The normalized spacial score (nSPS) is 27.3. The van der Waals surface area contributed by atoms with Crippen molar-refractivity contribution in [3.8, 4) is 12.3 Å². The largest absolute Gasteiger partial charge is 0.342 e. The van der Waals surface area contributed by atoms with Gasteiger partial charge in [-0.05, 0) is 0 Å². The second kappa shape index (κ2) is 1.27. The Kier molecular flexibility index (Phi) is 0.759. The molecule has 0 aliphatic carbocycles. The van der Waals surface area contributed by atoms with Crippen molar-refractivity contribution >= 4 is 5.91 Å². The number of nitrogens with one attached hydrogen (secondary N) is 1. The SMILES string of the molecule is C#CC1CC(=O)N1. The molecule has 1 amide bonds. The Bertz CT molecular complexity index is 126. The summed E-state index contributed by atoms with van der Waals surface area (Å²) in [6, 6.07) is 0.0208. The zero-order valence-corrected chi connectivity index (χ0v) is 3.77. The van der Waals surface area contributed by atoms with Gasteiger partial charge in [0.15, 0.2) is 0 Å². The van der Waals surface area contributed by atoms with Gasteiger partial charge in [0, 0.05) is 0 Å². The van der Waals surface area contributed by atoms with Crippen LogP contribution in [0, 0.1) is 12.3 Å². The number of hydrogen-bond donors (Lipinski definition) is 1. The summed E-state index contributed by atoms with van der Waals surface area (Å²) < 4.78 is 0. The highest BCUT2D eigenvalue weighted by Gasteiger charge is 2.21. The van der Waals surface area contributed by atoms with E-state index >= 15 is 0 Å². The first kappa shape index (κ1) is 4.20. The molecular formula is C5H5NO. The van der Waals surface area contributed by atoms with E-state index in [-0.39, 0.29) is 11.9 Å². The quantitative estimate of drug-likeness (QED) is 0.319. The van der Waals surface area contributed by atoms with Gasteiger partial charge in [-0.25, -0.2) is 0 Å². The van der Waals surface area contributed by atoms with Gasteiger partial charge >= 0.3 is 0 Å². The molecule has 1 saturated heterocycles. The Morgan fingerprint density at radius 2 is 2.57 bits per heavy atom. The van der Waals surface area contributed by atoms with Crippen molar-refractivity contribution in [1.82, 2.24) is 5.32 Å². The van der Waals surface area contributed by atoms with Crippen molar-refractivity contribution in [2.45, 2.75) is 12.5 Å². The Morgan fingerprint density at radius 3 is 2.71 bits per heavy atom. The van der Waals surface area contributed by atoms with E-state index in [2.05, 4.69) is 11.2 Å². The molecular weight excluding hydrogens is 90.1 g/mol. The van der Waals surface area contributed by atoms with E-state index < -0.39 is 0 Å². The van der Waals surface area contributed by atoms with Crippen LogP contribution in [0.2, 0.25) is 0 Å². The minimum absolute atomic E-state index is 0.0208. The van der Waals surface area contributed by atoms with Crippen LogP contribution in [-0.4, -0.2) is 11.9 Å². The van der Waals surface area contributed by atoms with Crippen LogP contribution in [0.4, 0.5) is 0 Å². The second-order valence-corrected chi connectivity index (χ2v) is 1.49. The Balaban J connectivity index is 2.34. The molecule has 1 heterocycles. The zero-order chi connectivity index (χ0) is 5.28. The maximum Gasteiger partial charge on any atom is 0.224 e. The highest BCUT2D eigenvalue weighted by Crippen LogP contribution is 1.99. The molecule has 1 aliphatic heterocycles. The third-order valence-corrected chi connectivity index (χ3v) is 0.926. The number of terminal acetylenes is 1. The number of amides is 1. The van der Waals surface area contributed by atoms with Gasteiger partial charge in [0.25, 0.3) is 0 Å². The molecule has 1 aliphatic rings. The summed E-state index contributed by atoms with van der Waals surface area (Å²) in [5, 5.41) is 2.52. The first-order valence-corrected chi connectivity index (χ1v) is 2.08. The molecule has 0 radical (unpaired) electrons. The van der Waals surface area contributed by atoms with Crippen molar-refractivity contribution in [2.75, 3.05) is 0 Å². The molecule has 7 heavy (non-hydrogen) atoms. The van der Waals surface area contributed by atoms with E-state index in [4.69, 9.17) is 6.42 Å². The smallest absolute Gasteiger partial charge is 0.224 e. The topological polar surface area (TPSA) is 29.1 Å². The van der Waals surface area contributed by atoms with E-state index in [0.29, 0.717) is 6.42 Å². The molecule has 0 aromatic rings. The number of carbonyl (C=O) groups excluding carboxylic acids is 1. The monoisotopic (exact) mass is 95.0 g/mol. The molecule has 1 atom stereocenters. The average Bonchev–Trinajstić information content (AvgIpc) is 1.58. The van der Waals surface area contributed by atoms with Crippen LogP contribution in [0.3, 0.4) is 0 Å². The lowest BCUT2D eigenvalue weighted by molar-refractivity contribution is -0.126. The summed E-state index contributed by atoms with van der Waals surface area (Å²) in [5.74, 6) is 2.46. The van der Waals surface area contributed by atoms with E-state index in [1.807, 2.05) is 0 Å². The zero-order valence-electron chi connectivity index (χ0n) is 3.77. The summed E-state index contributed by atoms with van der Waals surface area (Å²) in [6.45, 7) is 0. The molecule has 2 heteroatoms. The Morgan fingerprint density at radius 1 is 2.00 bits per heavy atom. The fourth-order valence-electron chi connectivity index (χ4n) is 0.459. The van der Waals surface area contributed by atoms with Crippen LogP contribution in [0.5, 0.6) is 0 Å². The van der Waals surface area contributed by atoms with Gasteiger partial charge in [0.1, 0.15) is 0 Å². The van der Waals surface area contributed by atoms with Gasteiger partial charge in [-0.2, -0.15) is 0 Å². The van der Waals surface area contributed by atoms with Gasteiger partial charge in [-0.3, -0.25) is 4.79 Å². The van der Waals surface area contributed by atoms with E-state index in [0.717, 1.165) is 0 Å². The molecule has 1 rings (SSSR count). The number of β-lactam (4-membered cyclic amide) rings is 1. The van der Waals surface area contributed by atoms with Crippen LogP contribution in [0.25, 0.3) is 0 Å². The molecule has 2 nitrogen and oxygen atoms in total. The standard InChI is InChI=1S/C5H5NO/c1-2-4-3-5(7)6-4/h1,4H,3H2,(H,6,7). The fraction of sp³-hybridized carbons (Fsp3) is 0.400. The van der Waals surface area contributed by atoms with Crippen molar-refractivity contribution < 1.29 is 4.79 Å². The Labute approximate surface area is 41.9 Å². The van der Waals surface area contributed by atoms with Crippen LogP contribution >= 0.6 is 0 Å². The molecule has 1 fully saturated rings. The molecule has 0 aromatic carbocycles. The number of hydrogen-bond acceptors (Lipinski definition) is 1. The lowest BCUT2D eigenvalue weighted by atomic mass is 10.1. The van der Waals surface area contributed by atoms with Crippen LogP contribution in [0.1, 0.15) is 6.42 Å². The summed E-state index contributed by atoms with van der Waals surface area (Å²) in [7, 11) is 0. The fourth-order valence-corrected chi connectivity index (χ4v) is 0.459. The van der Waals surface area contributed by atoms with E-state index in [1.165, 1.54) is 0 Å². The molecule has 0 spiro atoms. The van der Waals surface area contributed by atoms with Crippen molar-refractivity contribution in [3.63, 3.8) is 0 Å². The van der Waals surface area contributed by atoms with Gasteiger partial charge in [0.2, 0.25) is 5.91 Å². The average molecular weight is 95.1 g/mol. The van der Waals surface area contributed by atoms with Crippen LogP contribution in [0.15, 0.2) is 0 Å². The van der Waals surface area contributed by atoms with Gasteiger partial charge in [-0.15, -0.1) is 6.42 Å². The minimum Gasteiger partial charge on any atom is -0.342 e. The maximum atomic E-state index is 10.1.